The predicted octanol–water partition coefficient (Wildman–Crippen LogP) is 7.34. The number of hydrogen-bond donors (Lipinski definition) is 0. The Morgan fingerprint density at radius 1 is 0.774 bits per heavy atom. The summed E-state index contributed by atoms with van der Waals surface area (Å²) in [5.41, 5.74) is 6.01. The lowest BCUT2D eigenvalue weighted by atomic mass is 10.0. The molecule has 0 saturated heterocycles. The van der Waals surface area contributed by atoms with Crippen molar-refractivity contribution in [2.75, 3.05) is 0 Å². The molecule has 0 atom stereocenters. The van der Waals surface area contributed by atoms with E-state index in [0.29, 0.717) is 0 Å². The Balaban J connectivity index is 2.09. The van der Waals surface area contributed by atoms with E-state index in [1.165, 1.54) is 5.56 Å². The van der Waals surface area contributed by atoms with Crippen molar-refractivity contribution in [3.63, 3.8) is 0 Å². The van der Waals surface area contributed by atoms with Crippen LogP contribution in [0.15, 0.2) is 86.5 Å². The fraction of sp³-hybridized carbons (Fsp3) is 0.192. The van der Waals surface area contributed by atoms with Crippen LogP contribution in [0.2, 0.25) is 0 Å². The minimum absolute atomic E-state index is 0.0509. The van der Waals surface area contributed by atoms with Crippen LogP contribution < -0.4 is 5.69 Å². The molecular formula is C26H24Br2N2O. The molecule has 4 rings (SSSR count). The molecule has 0 unspecified atom stereocenters. The van der Waals surface area contributed by atoms with Gasteiger partial charge < -0.3 is 0 Å². The Morgan fingerprint density at radius 2 is 1.35 bits per heavy atom. The number of nitrogens with zero attached hydrogens (tertiary/aromatic N) is 2. The zero-order valence-corrected chi connectivity index (χ0v) is 20.8. The second-order valence-electron chi connectivity index (χ2n) is 7.51. The van der Waals surface area contributed by atoms with E-state index in [9.17, 15) is 4.79 Å². The average Bonchev–Trinajstić information content (AvgIpc) is 3.07. The summed E-state index contributed by atoms with van der Waals surface area (Å²) in [5.74, 6) is 0. The van der Waals surface area contributed by atoms with Crippen molar-refractivity contribution in [1.82, 2.24) is 9.13 Å². The fourth-order valence-corrected chi connectivity index (χ4v) is 4.46. The van der Waals surface area contributed by atoms with Crippen LogP contribution in [0.3, 0.4) is 0 Å². The van der Waals surface area contributed by atoms with E-state index in [2.05, 4.69) is 70.0 Å². The summed E-state index contributed by atoms with van der Waals surface area (Å²) >= 11 is 7.01. The van der Waals surface area contributed by atoms with Crippen molar-refractivity contribution in [3.05, 3.63) is 103 Å². The minimum atomic E-state index is -0.0509. The number of imidazole rings is 1. The molecule has 0 bridgehead atoms. The Bertz CT molecular complexity index is 1250. The quantitative estimate of drug-likeness (QED) is 0.252. The number of hydrogen-bond acceptors (Lipinski definition) is 1. The summed E-state index contributed by atoms with van der Waals surface area (Å²) in [4.78, 5) is 13.9. The maximum absolute atomic E-state index is 13.9. The minimum Gasteiger partial charge on any atom is -0.264 e. The normalized spacial score (nSPS) is 11.1. The van der Waals surface area contributed by atoms with Crippen LogP contribution in [0, 0.1) is 0 Å². The summed E-state index contributed by atoms with van der Waals surface area (Å²) < 4.78 is 5.70. The van der Waals surface area contributed by atoms with Crippen LogP contribution >= 0.6 is 31.9 Å². The molecule has 0 aliphatic rings. The van der Waals surface area contributed by atoms with Crippen molar-refractivity contribution >= 4 is 31.9 Å². The first-order valence-electron chi connectivity index (χ1n) is 10.5. The van der Waals surface area contributed by atoms with Crippen molar-refractivity contribution in [1.29, 1.82) is 0 Å². The molecule has 31 heavy (non-hydrogen) atoms. The van der Waals surface area contributed by atoms with Gasteiger partial charge in [-0.05, 0) is 73.0 Å². The van der Waals surface area contributed by atoms with Crippen LogP contribution in [0.5, 0.6) is 0 Å². The largest absolute Gasteiger partial charge is 0.338 e. The van der Waals surface area contributed by atoms with E-state index >= 15 is 0 Å². The van der Waals surface area contributed by atoms with E-state index in [-0.39, 0.29) is 5.69 Å². The van der Waals surface area contributed by atoms with Crippen LogP contribution in [0.1, 0.15) is 31.5 Å². The van der Waals surface area contributed by atoms with Gasteiger partial charge in [0.1, 0.15) is 0 Å². The molecule has 4 aromatic rings. The molecule has 0 aliphatic carbocycles. The van der Waals surface area contributed by atoms with Gasteiger partial charge in [0.25, 0.3) is 0 Å². The van der Waals surface area contributed by atoms with Gasteiger partial charge in [0.2, 0.25) is 0 Å². The van der Waals surface area contributed by atoms with E-state index in [1.807, 2.05) is 57.7 Å². The highest BCUT2D eigenvalue weighted by Gasteiger charge is 2.23. The van der Waals surface area contributed by atoms with Gasteiger partial charge in [-0.1, -0.05) is 70.3 Å². The van der Waals surface area contributed by atoms with Gasteiger partial charge in [-0.15, -0.1) is 0 Å². The molecule has 0 aliphatic heterocycles. The summed E-state index contributed by atoms with van der Waals surface area (Å²) in [6, 6.07) is 24.4. The first kappa shape index (κ1) is 21.8. The lowest BCUT2D eigenvalue weighted by molar-refractivity contribution is 0.823. The van der Waals surface area contributed by atoms with E-state index in [4.69, 9.17) is 0 Å². The highest BCUT2D eigenvalue weighted by atomic mass is 79.9. The van der Waals surface area contributed by atoms with Crippen molar-refractivity contribution < 1.29 is 0 Å². The summed E-state index contributed by atoms with van der Waals surface area (Å²) in [6.07, 6.45) is 2.70. The third kappa shape index (κ3) is 4.35. The molecule has 0 N–H and O–H groups in total. The Hall–Kier alpha value is -2.37. The molecule has 5 heteroatoms. The molecule has 3 nitrogen and oxygen atoms in total. The van der Waals surface area contributed by atoms with Gasteiger partial charge in [-0.3, -0.25) is 9.13 Å². The Kier molecular flexibility index (Phi) is 6.63. The molecular weight excluding hydrogens is 516 g/mol. The lowest BCUT2D eigenvalue weighted by Gasteiger charge is -2.12. The topological polar surface area (TPSA) is 26.9 Å². The van der Waals surface area contributed by atoms with Crippen molar-refractivity contribution in [2.45, 2.75) is 33.1 Å². The lowest BCUT2D eigenvalue weighted by Crippen LogP contribution is -2.23. The van der Waals surface area contributed by atoms with Gasteiger partial charge >= 0.3 is 5.69 Å². The molecule has 1 heterocycles. The molecule has 3 aromatic carbocycles. The molecule has 1 aromatic heterocycles. The smallest absolute Gasteiger partial charge is 0.264 e. The summed E-state index contributed by atoms with van der Waals surface area (Å²) in [7, 11) is 0. The summed E-state index contributed by atoms with van der Waals surface area (Å²) in [6.45, 7) is 4.31. The molecule has 0 amide bonds. The van der Waals surface area contributed by atoms with Crippen LogP contribution in [0.25, 0.3) is 22.6 Å². The standard InChI is InChI=1S/C26H24Br2N2O/c1-3-6-24-25(19-8-5-7-18(4-2)17-19)30(23-15-11-21(28)12-16-23)26(31)29(24)22-13-9-20(27)10-14-22/h5,7-17H,3-4,6H2,1-2H3. The van der Waals surface area contributed by atoms with Gasteiger partial charge in [0.05, 0.1) is 22.8 Å². The third-order valence-electron chi connectivity index (χ3n) is 5.41. The molecule has 0 spiro atoms. The number of aryl methyl sites for hydroxylation is 1. The van der Waals surface area contributed by atoms with E-state index in [1.54, 1.807) is 0 Å². The monoisotopic (exact) mass is 538 g/mol. The third-order valence-corrected chi connectivity index (χ3v) is 6.47. The van der Waals surface area contributed by atoms with Crippen molar-refractivity contribution in [2.24, 2.45) is 0 Å². The maximum Gasteiger partial charge on any atom is 0.338 e. The first-order valence-corrected chi connectivity index (χ1v) is 12.1. The maximum atomic E-state index is 13.9. The first-order chi connectivity index (χ1) is 15.0. The zero-order valence-electron chi connectivity index (χ0n) is 17.6. The second-order valence-corrected chi connectivity index (χ2v) is 9.34. The SMILES string of the molecule is CCCc1c(-c2cccc(CC)c2)n(-c2ccc(Br)cc2)c(=O)n1-c1ccc(Br)cc1. The van der Waals surface area contributed by atoms with Gasteiger partial charge in [0, 0.05) is 14.5 Å². The molecule has 0 fully saturated rings. The van der Waals surface area contributed by atoms with E-state index in [0.717, 1.165) is 56.5 Å². The van der Waals surface area contributed by atoms with Gasteiger partial charge in [-0.25, -0.2) is 4.79 Å². The average molecular weight is 540 g/mol. The number of aromatic nitrogens is 2. The Labute approximate surface area is 199 Å². The van der Waals surface area contributed by atoms with Crippen molar-refractivity contribution in [3.8, 4) is 22.6 Å². The van der Waals surface area contributed by atoms with Crippen LogP contribution in [-0.2, 0) is 12.8 Å². The van der Waals surface area contributed by atoms with Gasteiger partial charge in [-0.2, -0.15) is 0 Å². The second kappa shape index (κ2) is 9.41. The predicted molar refractivity (Wildman–Crippen MR) is 136 cm³/mol. The van der Waals surface area contributed by atoms with Crippen LogP contribution in [-0.4, -0.2) is 9.13 Å². The van der Waals surface area contributed by atoms with E-state index < -0.39 is 0 Å². The highest BCUT2D eigenvalue weighted by molar-refractivity contribution is 9.10. The Morgan fingerprint density at radius 3 is 1.90 bits per heavy atom. The fourth-order valence-electron chi connectivity index (χ4n) is 3.93. The molecule has 158 valence electrons. The van der Waals surface area contributed by atoms with Crippen LogP contribution in [0.4, 0.5) is 0 Å². The molecule has 0 saturated carbocycles. The van der Waals surface area contributed by atoms with Gasteiger partial charge in [0.15, 0.2) is 0 Å². The highest BCUT2D eigenvalue weighted by Crippen LogP contribution is 2.30. The molecule has 0 radical (unpaired) electrons. The number of rotatable bonds is 6. The zero-order chi connectivity index (χ0) is 22.0. The number of halogens is 2. The number of benzene rings is 3. The summed E-state index contributed by atoms with van der Waals surface area (Å²) in [5, 5.41) is 0.